The lowest BCUT2D eigenvalue weighted by molar-refractivity contribution is -0.113. The minimum Gasteiger partial charge on any atom is -0.462 e. The number of anilines is 1. The number of hydrogen-bond donors (Lipinski definition) is 2. The van der Waals surface area contributed by atoms with Crippen molar-refractivity contribution in [3.63, 3.8) is 0 Å². The molecule has 0 saturated carbocycles. The van der Waals surface area contributed by atoms with E-state index < -0.39 is 5.97 Å². The molecule has 1 aromatic heterocycles. The van der Waals surface area contributed by atoms with E-state index >= 15 is 0 Å². The van der Waals surface area contributed by atoms with Crippen molar-refractivity contribution in [2.75, 3.05) is 17.7 Å². The number of benzene rings is 1. The number of halogens is 1. The minimum absolute atomic E-state index is 0.0460. The maximum Gasteiger partial charge on any atom is 0.339 e. The molecular formula is C15H14ClN3O4S. The molecule has 0 aliphatic heterocycles. The van der Waals surface area contributed by atoms with Crippen LogP contribution in [-0.2, 0) is 9.53 Å². The molecule has 2 rings (SSSR count). The van der Waals surface area contributed by atoms with E-state index in [0.717, 1.165) is 11.8 Å². The molecule has 2 aromatic rings. The minimum atomic E-state index is -0.556. The second-order valence-corrected chi connectivity index (χ2v) is 5.86. The van der Waals surface area contributed by atoms with Crippen LogP contribution in [0, 0.1) is 0 Å². The maximum atomic E-state index is 12.0. The van der Waals surface area contributed by atoms with Crippen molar-refractivity contribution < 1.29 is 14.3 Å². The number of H-pyrrole nitrogens is 1. The Morgan fingerprint density at radius 2 is 2.17 bits per heavy atom. The van der Waals surface area contributed by atoms with Crippen molar-refractivity contribution in [1.29, 1.82) is 0 Å². The van der Waals surface area contributed by atoms with Gasteiger partial charge in [-0.2, -0.15) is 0 Å². The Balaban J connectivity index is 2.00. The number of nitrogens with zero attached hydrogens (tertiary/aromatic N) is 1. The maximum absolute atomic E-state index is 12.0. The van der Waals surface area contributed by atoms with Crippen molar-refractivity contribution in [3.8, 4) is 0 Å². The van der Waals surface area contributed by atoms with Gasteiger partial charge in [0, 0.05) is 18.0 Å². The number of rotatable bonds is 6. The summed E-state index contributed by atoms with van der Waals surface area (Å²) in [5, 5.41) is 3.24. The Labute approximate surface area is 146 Å². The number of aromatic amines is 1. The van der Waals surface area contributed by atoms with Crippen molar-refractivity contribution in [2.45, 2.75) is 12.1 Å². The van der Waals surface area contributed by atoms with E-state index in [2.05, 4.69) is 15.3 Å². The Morgan fingerprint density at radius 1 is 1.38 bits per heavy atom. The van der Waals surface area contributed by atoms with Gasteiger partial charge in [-0.1, -0.05) is 23.4 Å². The number of carbonyl (C=O) groups is 2. The SMILES string of the molecule is CCOC(=O)c1cc(NC(=O)CSc2nccc(=O)[nH]2)ccc1Cl. The first-order chi connectivity index (χ1) is 11.5. The molecule has 0 aliphatic carbocycles. The van der Waals surface area contributed by atoms with Crippen molar-refractivity contribution in [1.82, 2.24) is 9.97 Å². The number of ether oxygens (including phenoxy) is 1. The van der Waals surface area contributed by atoms with E-state index in [4.69, 9.17) is 16.3 Å². The number of amides is 1. The number of carbonyl (C=O) groups excluding carboxylic acids is 2. The van der Waals surface area contributed by atoms with E-state index in [1.165, 1.54) is 24.4 Å². The number of hydrogen-bond acceptors (Lipinski definition) is 6. The molecule has 0 bridgehead atoms. The molecule has 0 aliphatic rings. The molecule has 0 unspecified atom stereocenters. The third-order valence-corrected chi connectivity index (χ3v) is 3.95. The standard InChI is InChI=1S/C15H14ClN3O4S/c1-2-23-14(22)10-7-9(3-4-11(10)16)18-13(21)8-24-15-17-6-5-12(20)19-15/h3-7H,2,8H2,1H3,(H,18,21)(H,17,19,20). The Kier molecular flexibility index (Phi) is 6.39. The van der Waals surface area contributed by atoms with Gasteiger partial charge in [0.15, 0.2) is 5.16 Å². The second-order valence-electron chi connectivity index (χ2n) is 4.49. The van der Waals surface area contributed by atoms with Gasteiger partial charge < -0.3 is 15.0 Å². The van der Waals surface area contributed by atoms with E-state index in [1.54, 1.807) is 13.0 Å². The Bertz CT molecular complexity index is 809. The highest BCUT2D eigenvalue weighted by Crippen LogP contribution is 2.22. The third kappa shape index (κ3) is 5.10. The van der Waals surface area contributed by atoms with Crippen molar-refractivity contribution in [2.24, 2.45) is 0 Å². The summed E-state index contributed by atoms with van der Waals surface area (Å²) in [6.07, 6.45) is 1.36. The average Bonchev–Trinajstić information content (AvgIpc) is 2.55. The summed E-state index contributed by atoms with van der Waals surface area (Å²) < 4.78 is 4.90. The van der Waals surface area contributed by atoms with Crippen LogP contribution in [0.1, 0.15) is 17.3 Å². The van der Waals surface area contributed by atoms with Crippen LogP contribution in [0.2, 0.25) is 5.02 Å². The zero-order valence-corrected chi connectivity index (χ0v) is 14.2. The fraction of sp³-hybridized carbons (Fsp3) is 0.200. The van der Waals surface area contributed by atoms with Crippen LogP contribution in [0.5, 0.6) is 0 Å². The van der Waals surface area contributed by atoms with E-state index in [-0.39, 0.29) is 34.4 Å². The van der Waals surface area contributed by atoms with Gasteiger partial charge in [0.1, 0.15) is 0 Å². The van der Waals surface area contributed by atoms with Crippen molar-refractivity contribution >= 4 is 40.9 Å². The van der Waals surface area contributed by atoms with Gasteiger partial charge in [-0.3, -0.25) is 9.59 Å². The van der Waals surface area contributed by atoms with Gasteiger partial charge >= 0.3 is 5.97 Å². The molecule has 0 radical (unpaired) electrons. The molecule has 2 N–H and O–H groups in total. The van der Waals surface area contributed by atoms with Gasteiger partial charge in [-0.25, -0.2) is 9.78 Å². The van der Waals surface area contributed by atoms with Crippen LogP contribution in [0.4, 0.5) is 5.69 Å². The van der Waals surface area contributed by atoms with Crippen molar-refractivity contribution in [3.05, 3.63) is 51.4 Å². The van der Waals surface area contributed by atoms with Crippen LogP contribution in [0.3, 0.4) is 0 Å². The van der Waals surface area contributed by atoms with Crippen LogP contribution < -0.4 is 10.9 Å². The highest BCUT2D eigenvalue weighted by atomic mass is 35.5. The van der Waals surface area contributed by atoms with Gasteiger partial charge in [0.25, 0.3) is 5.56 Å². The third-order valence-electron chi connectivity index (χ3n) is 2.73. The lowest BCUT2D eigenvalue weighted by atomic mass is 10.2. The summed E-state index contributed by atoms with van der Waals surface area (Å²) in [5.41, 5.74) is 0.310. The highest BCUT2D eigenvalue weighted by molar-refractivity contribution is 7.99. The molecular weight excluding hydrogens is 354 g/mol. The molecule has 126 valence electrons. The van der Waals surface area contributed by atoms with Crippen LogP contribution >= 0.6 is 23.4 Å². The molecule has 1 amide bonds. The monoisotopic (exact) mass is 367 g/mol. The van der Waals surface area contributed by atoms with E-state index in [9.17, 15) is 14.4 Å². The smallest absolute Gasteiger partial charge is 0.339 e. The zero-order chi connectivity index (χ0) is 17.5. The summed E-state index contributed by atoms with van der Waals surface area (Å²) in [6, 6.07) is 5.82. The largest absolute Gasteiger partial charge is 0.462 e. The highest BCUT2D eigenvalue weighted by Gasteiger charge is 2.13. The molecule has 1 aromatic carbocycles. The normalized spacial score (nSPS) is 10.2. The molecule has 9 heteroatoms. The van der Waals surface area contributed by atoms with E-state index in [0.29, 0.717) is 10.8 Å². The number of aromatic nitrogens is 2. The Hall–Kier alpha value is -2.32. The molecule has 7 nitrogen and oxygen atoms in total. The van der Waals surface area contributed by atoms with Crippen LogP contribution in [0.15, 0.2) is 40.4 Å². The van der Waals surface area contributed by atoms with E-state index in [1.807, 2.05) is 0 Å². The van der Waals surface area contributed by atoms with Gasteiger partial charge in [0.05, 0.1) is 22.9 Å². The quantitative estimate of drug-likeness (QED) is 0.461. The van der Waals surface area contributed by atoms with Gasteiger partial charge in [0.2, 0.25) is 5.91 Å². The van der Waals surface area contributed by atoms with Gasteiger partial charge in [-0.05, 0) is 25.1 Å². The summed E-state index contributed by atoms with van der Waals surface area (Å²) >= 11 is 7.05. The number of thioether (sulfide) groups is 1. The summed E-state index contributed by atoms with van der Waals surface area (Å²) in [5.74, 6) is -0.827. The lowest BCUT2D eigenvalue weighted by Gasteiger charge is -2.08. The summed E-state index contributed by atoms with van der Waals surface area (Å²) in [4.78, 5) is 41.3. The lowest BCUT2D eigenvalue weighted by Crippen LogP contribution is -2.16. The average molecular weight is 368 g/mol. The predicted molar refractivity (Wildman–Crippen MR) is 91.6 cm³/mol. The second kappa shape index (κ2) is 8.51. The van der Waals surface area contributed by atoms with Gasteiger partial charge in [-0.15, -0.1) is 0 Å². The molecule has 0 fully saturated rings. The molecule has 0 spiro atoms. The molecule has 0 atom stereocenters. The number of esters is 1. The fourth-order valence-corrected chi connectivity index (χ4v) is 2.57. The molecule has 1 heterocycles. The first-order valence-electron chi connectivity index (χ1n) is 6.94. The molecule has 24 heavy (non-hydrogen) atoms. The Morgan fingerprint density at radius 3 is 2.88 bits per heavy atom. The topological polar surface area (TPSA) is 101 Å². The summed E-state index contributed by atoms with van der Waals surface area (Å²) in [7, 11) is 0. The predicted octanol–water partition coefficient (Wildman–Crippen LogP) is 2.33. The fourth-order valence-electron chi connectivity index (χ4n) is 1.72. The summed E-state index contributed by atoms with van der Waals surface area (Å²) in [6.45, 7) is 1.92. The number of nitrogens with one attached hydrogen (secondary N) is 2. The molecule has 0 saturated heterocycles. The zero-order valence-electron chi connectivity index (χ0n) is 12.7. The first-order valence-corrected chi connectivity index (χ1v) is 8.30. The van der Waals surface area contributed by atoms with Crippen LogP contribution in [0.25, 0.3) is 0 Å². The first kappa shape index (κ1) is 18.0. The van der Waals surface area contributed by atoms with Crippen LogP contribution in [-0.4, -0.2) is 34.2 Å².